The fourth-order valence-electron chi connectivity index (χ4n) is 3.00. The van der Waals surface area contributed by atoms with Gasteiger partial charge in [0, 0.05) is 10.9 Å². The molecule has 0 aliphatic heterocycles. The number of nitrogens with one attached hydrogen (secondary N) is 1. The van der Waals surface area contributed by atoms with Crippen LogP contribution in [0.15, 0.2) is 65.0 Å². The summed E-state index contributed by atoms with van der Waals surface area (Å²) in [6.45, 7) is 2.08. The van der Waals surface area contributed by atoms with Gasteiger partial charge in [0.25, 0.3) is 0 Å². The number of amides is 1. The van der Waals surface area contributed by atoms with Gasteiger partial charge in [0.2, 0.25) is 5.91 Å². The largest absolute Gasteiger partial charge is 0.466 e. The van der Waals surface area contributed by atoms with Gasteiger partial charge in [-0.2, -0.15) is 0 Å². The standard InChI is InChI=1S/C23H20N4O3S2/c1-2-30-22(29)12-18-13-32-23(24-18)25-20(28)14-31-21-10-9-19(26-27-21)17-8-7-15-5-3-4-6-16(15)11-17/h3-11,13H,2,12,14H2,1H3,(H,24,25,28). The smallest absolute Gasteiger partial charge is 0.311 e. The maximum Gasteiger partial charge on any atom is 0.311 e. The second-order valence-corrected chi connectivity index (χ2v) is 8.64. The lowest BCUT2D eigenvalue weighted by molar-refractivity contribution is -0.142. The van der Waals surface area contributed by atoms with Gasteiger partial charge in [0.05, 0.1) is 30.2 Å². The quantitative estimate of drug-likeness (QED) is 0.301. The summed E-state index contributed by atoms with van der Waals surface area (Å²) in [5.74, 6) is -0.360. The summed E-state index contributed by atoms with van der Waals surface area (Å²) >= 11 is 2.57. The Balaban J connectivity index is 1.30. The number of esters is 1. The van der Waals surface area contributed by atoms with Crippen molar-refractivity contribution in [3.8, 4) is 11.3 Å². The first kappa shape index (κ1) is 21.9. The van der Waals surface area contributed by atoms with Crippen LogP contribution < -0.4 is 5.32 Å². The van der Waals surface area contributed by atoms with Gasteiger partial charge in [0.1, 0.15) is 5.03 Å². The van der Waals surface area contributed by atoms with Crippen molar-refractivity contribution in [2.75, 3.05) is 17.7 Å². The van der Waals surface area contributed by atoms with E-state index in [2.05, 4.69) is 44.8 Å². The molecule has 0 saturated carbocycles. The molecule has 2 aromatic heterocycles. The Morgan fingerprint density at radius 1 is 1.06 bits per heavy atom. The third kappa shape index (κ3) is 5.68. The molecule has 0 radical (unpaired) electrons. The molecule has 2 aromatic carbocycles. The number of rotatable bonds is 8. The Morgan fingerprint density at radius 3 is 2.69 bits per heavy atom. The number of aromatic nitrogens is 3. The first-order chi connectivity index (χ1) is 15.6. The highest BCUT2D eigenvalue weighted by molar-refractivity contribution is 7.99. The number of ether oxygens (including phenoxy) is 1. The van der Waals surface area contributed by atoms with Crippen LogP contribution in [0.5, 0.6) is 0 Å². The van der Waals surface area contributed by atoms with Gasteiger partial charge in [-0.3, -0.25) is 9.59 Å². The predicted octanol–water partition coefficient (Wildman–Crippen LogP) is 4.59. The van der Waals surface area contributed by atoms with Crippen LogP contribution in [0.2, 0.25) is 0 Å². The van der Waals surface area contributed by atoms with Gasteiger partial charge in [-0.25, -0.2) is 4.98 Å². The zero-order valence-electron chi connectivity index (χ0n) is 17.3. The number of thioether (sulfide) groups is 1. The zero-order valence-corrected chi connectivity index (χ0v) is 18.9. The van der Waals surface area contributed by atoms with E-state index in [1.807, 2.05) is 30.3 Å². The molecule has 7 nitrogen and oxygen atoms in total. The Bertz CT molecular complexity index is 1240. The van der Waals surface area contributed by atoms with Crippen molar-refractivity contribution < 1.29 is 14.3 Å². The minimum atomic E-state index is -0.336. The predicted molar refractivity (Wildman–Crippen MR) is 127 cm³/mol. The molecule has 0 saturated heterocycles. The number of hydrogen-bond donors (Lipinski definition) is 1. The molecule has 0 fully saturated rings. The molecule has 0 spiro atoms. The normalized spacial score (nSPS) is 10.8. The number of carbonyl (C=O) groups is 2. The van der Waals surface area contributed by atoms with Crippen LogP contribution in [0, 0.1) is 0 Å². The molecule has 2 heterocycles. The van der Waals surface area contributed by atoms with Gasteiger partial charge >= 0.3 is 5.97 Å². The molecule has 0 unspecified atom stereocenters. The van der Waals surface area contributed by atoms with E-state index < -0.39 is 0 Å². The highest BCUT2D eigenvalue weighted by Gasteiger charge is 2.11. The van der Waals surface area contributed by atoms with Crippen molar-refractivity contribution in [1.29, 1.82) is 0 Å². The number of anilines is 1. The van der Waals surface area contributed by atoms with Crippen LogP contribution in [-0.2, 0) is 20.7 Å². The second-order valence-electron chi connectivity index (χ2n) is 6.78. The molecular weight excluding hydrogens is 444 g/mol. The Morgan fingerprint density at radius 2 is 1.91 bits per heavy atom. The van der Waals surface area contributed by atoms with E-state index in [0.717, 1.165) is 16.6 Å². The van der Waals surface area contributed by atoms with Crippen molar-refractivity contribution in [2.24, 2.45) is 0 Å². The number of fused-ring (bicyclic) bond motifs is 1. The molecule has 0 bridgehead atoms. The number of carbonyl (C=O) groups excluding carboxylic acids is 2. The van der Waals surface area contributed by atoms with Crippen molar-refractivity contribution >= 4 is 50.9 Å². The highest BCUT2D eigenvalue weighted by Crippen LogP contribution is 2.24. The Hall–Kier alpha value is -3.30. The van der Waals surface area contributed by atoms with Crippen LogP contribution >= 0.6 is 23.1 Å². The average Bonchev–Trinajstić information content (AvgIpc) is 3.24. The van der Waals surface area contributed by atoms with E-state index in [-0.39, 0.29) is 24.1 Å². The SMILES string of the molecule is CCOC(=O)Cc1csc(NC(=O)CSc2ccc(-c3ccc4ccccc4c3)nn2)n1. The number of nitrogens with zero attached hydrogens (tertiary/aromatic N) is 3. The van der Waals surface area contributed by atoms with E-state index in [4.69, 9.17) is 4.74 Å². The van der Waals surface area contributed by atoms with Crippen molar-refractivity contribution in [3.05, 3.63) is 65.7 Å². The Labute approximate surface area is 193 Å². The highest BCUT2D eigenvalue weighted by atomic mass is 32.2. The second kappa shape index (κ2) is 10.3. The van der Waals surface area contributed by atoms with Gasteiger partial charge in [-0.15, -0.1) is 21.5 Å². The molecule has 1 N–H and O–H groups in total. The zero-order chi connectivity index (χ0) is 22.3. The van der Waals surface area contributed by atoms with Crippen LogP contribution in [0.25, 0.3) is 22.0 Å². The lowest BCUT2D eigenvalue weighted by atomic mass is 10.1. The first-order valence-corrected chi connectivity index (χ1v) is 11.8. The van der Waals surface area contributed by atoms with Gasteiger partial charge in [0.15, 0.2) is 5.13 Å². The summed E-state index contributed by atoms with van der Waals surface area (Å²) in [5, 5.41) is 16.5. The molecule has 4 rings (SSSR count). The summed E-state index contributed by atoms with van der Waals surface area (Å²) < 4.78 is 4.90. The molecule has 0 aliphatic carbocycles. The molecule has 4 aromatic rings. The maximum atomic E-state index is 12.2. The van der Waals surface area contributed by atoms with Crippen LogP contribution in [0.3, 0.4) is 0 Å². The molecule has 32 heavy (non-hydrogen) atoms. The van der Waals surface area contributed by atoms with Gasteiger partial charge in [-0.1, -0.05) is 48.2 Å². The number of benzene rings is 2. The van der Waals surface area contributed by atoms with Gasteiger partial charge < -0.3 is 10.1 Å². The van der Waals surface area contributed by atoms with Crippen molar-refractivity contribution in [3.63, 3.8) is 0 Å². The molecule has 0 atom stereocenters. The lowest BCUT2D eigenvalue weighted by Gasteiger charge is -2.04. The summed E-state index contributed by atoms with van der Waals surface area (Å²) in [7, 11) is 0. The topological polar surface area (TPSA) is 94.1 Å². The third-order valence-corrected chi connectivity index (χ3v) is 6.19. The summed E-state index contributed by atoms with van der Waals surface area (Å²) in [6.07, 6.45) is 0.0914. The van der Waals surface area contributed by atoms with Gasteiger partial charge in [-0.05, 0) is 35.9 Å². The van der Waals surface area contributed by atoms with E-state index in [9.17, 15) is 9.59 Å². The molecule has 0 aliphatic rings. The van der Waals surface area contributed by atoms with Crippen LogP contribution in [0.1, 0.15) is 12.6 Å². The number of thiazole rings is 1. The Kier molecular flexibility index (Phi) is 7.08. The summed E-state index contributed by atoms with van der Waals surface area (Å²) in [5.41, 5.74) is 2.35. The first-order valence-electron chi connectivity index (χ1n) is 9.96. The minimum Gasteiger partial charge on any atom is -0.466 e. The third-order valence-electron chi connectivity index (χ3n) is 4.47. The number of hydrogen-bond acceptors (Lipinski definition) is 8. The maximum absolute atomic E-state index is 12.2. The average molecular weight is 465 g/mol. The molecule has 162 valence electrons. The summed E-state index contributed by atoms with van der Waals surface area (Å²) in [4.78, 5) is 28.0. The monoisotopic (exact) mass is 464 g/mol. The van der Waals surface area contributed by atoms with Crippen molar-refractivity contribution in [1.82, 2.24) is 15.2 Å². The summed E-state index contributed by atoms with van der Waals surface area (Å²) in [6, 6.07) is 18.1. The van der Waals surface area contributed by atoms with E-state index in [1.54, 1.807) is 12.3 Å². The van der Waals surface area contributed by atoms with Crippen LogP contribution in [-0.4, -0.2) is 39.4 Å². The van der Waals surface area contributed by atoms with E-state index in [1.165, 1.54) is 28.5 Å². The molecule has 9 heteroatoms. The minimum absolute atomic E-state index is 0.0914. The van der Waals surface area contributed by atoms with Crippen LogP contribution in [0.4, 0.5) is 5.13 Å². The van der Waals surface area contributed by atoms with E-state index >= 15 is 0 Å². The fourth-order valence-corrected chi connectivity index (χ4v) is 4.34. The molecular formula is C23H20N4O3S2. The molecule has 1 amide bonds. The van der Waals surface area contributed by atoms with E-state index in [0.29, 0.717) is 22.5 Å². The lowest BCUT2D eigenvalue weighted by Crippen LogP contribution is -2.14. The fraction of sp³-hybridized carbons (Fsp3) is 0.174. The van der Waals surface area contributed by atoms with Crippen molar-refractivity contribution in [2.45, 2.75) is 18.4 Å².